The van der Waals surface area contributed by atoms with Crippen molar-refractivity contribution in [3.05, 3.63) is 21.7 Å². The predicted octanol–water partition coefficient (Wildman–Crippen LogP) is 5.59. The molecule has 0 atom stereocenters. The molecule has 1 heterocycles. The van der Waals surface area contributed by atoms with Crippen LogP contribution in [0.4, 0.5) is 0 Å². The topological polar surface area (TPSA) is 25.8 Å². The van der Waals surface area contributed by atoms with Crippen LogP contribution in [0.15, 0.2) is 0 Å². The zero-order valence-electron chi connectivity index (χ0n) is 12.1. The molecular formula is C15H22Cl2N2. The first-order valence-electron chi connectivity index (χ1n) is 7.03. The van der Waals surface area contributed by atoms with Crippen LogP contribution in [-0.2, 0) is 0 Å². The Labute approximate surface area is 125 Å². The minimum absolute atomic E-state index is 0.249. The van der Waals surface area contributed by atoms with E-state index in [9.17, 15) is 0 Å². The summed E-state index contributed by atoms with van der Waals surface area (Å²) in [7, 11) is 0. The van der Waals surface area contributed by atoms with E-state index in [2.05, 4.69) is 37.7 Å². The molecule has 0 aliphatic heterocycles. The van der Waals surface area contributed by atoms with E-state index >= 15 is 0 Å². The van der Waals surface area contributed by atoms with Crippen LogP contribution < -0.4 is 0 Å². The summed E-state index contributed by atoms with van der Waals surface area (Å²) in [5, 5.41) is 1.05. The van der Waals surface area contributed by atoms with Crippen molar-refractivity contribution in [1.29, 1.82) is 0 Å². The molecule has 4 heteroatoms. The van der Waals surface area contributed by atoms with Gasteiger partial charge < -0.3 is 0 Å². The molecule has 0 bridgehead atoms. The second kappa shape index (κ2) is 5.57. The third-order valence-corrected chi connectivity index (χ3v) is 4.73. The fraction of sp³-hybridized carbons (Fsp3) is 0.733. The summed E-state index contributed by atoms with van der Waals surface area (Å²) in [5.74, 6) is 1.48. The van der Waals surface area contributed by atoms with E-state index < -0.39 is 0 Å². The average Bonchev–Trinajstić information content (AvgIpc) is 2.27. The highest BCUT2D eigenvalue weighted by Gasteiger charge is 2.30. The normalized spacial score (nSPS) is 19.9. The zero-order valence-corrected chi connectivity index (χ0v) is 13.6. The number of rotatable bonds is 2. The third kappa shape index (κ3) is 3.41. The van der Waals surface area contributed by atoms with Crippen molar-refractivity contribution in [3.63, 3.8) is 0 Å². The number of aromatic nitrogens is 2. The van der Waals surface area contributed by atoms with Crippen LogP contribution in [0.5, 0.6) is 0 Å². The molecule has 0 N–H and O–H groups in total. The lowest BCUT2D eigenvalue weighted by Crippen LogP contribution is -2.21. The minimum atomic E-state index is 0.249. The minimum Gasteiger partial charge on any atom is -0.221 e. The second-order valence-electron chi connectivity index (χ2n) is 6.67. The third-order valence-electron chi connectivity index (χ3n) is 4.15. The van der Waals surface area contributed by atoms with Crippen LogP contribution in [0.3, 0.4) is 0 Å². The molecule has 0 saturated heterocycles. The van der Waals surface area contributed by atoms with Gasteiger partial charge in [0.05, 0.1) is 0 Å². The average molecular weight is 301 g/mol. The monoisotopic (exact) mass is 300 g/mol. The molecule has 0 unspecified atom stereocenters. The van der Waals surface area contributed by atoms with Crippen molar-refractivity contribution >= 4 is 23.2 Å². The van der Waals surface area contributed by atoms with Gasteiger partial charge in [-0.05, 0) is 37.0 Å². The van der Waals surface area contributed by atoms with E-state index in [-0.39, 0.29) is 5.92 Å². The highest BCUT2D eigenvalue weighted by molar-refractivity contribution is 6.34. The fourth-order valence-electron chi connectivity index (χ4n) is 2.75. The van der Waals surface area contributed by atoms with Gasteiger partial charge in [0.1, 0.15) is 16.1 Å². The smallest absolute Gasteiger partial charge is 0.137 e. The summed E-state index contributed by atoms with van der Waals surface area (Å²) >= 11 is 12.5. The zero-order chi connectivity index (χ0) is 14.2. The molecule has 0 radical (unpaired) electrons. The van der Waals surface area contributed by atoms with E-state index in [4.69, 9.17) is 23.2 Å². The molecule has 1 fully saturated rings. The molecule has 0 amide bonds. The lowest BCUT2D eigenvalue weighted by Gasteiger charge is -2.33. The van der Waals surface area contributed by atoms with Gasteiger partial charge in [0, 0.05) is 11.5 Å². The van der Waals surface area contributed by atoms with Crippen molar-refractivity contribution in [2.45, 2.75) is 65.2 Å². The Kier molecular flexibility index (Phi) is 4.42. The first-order chi connectivity index (χ1) is 8.80. The van der Waals surface area contributed by atoms with Gasteiger partial charge in [0.25, 0.3) is 0 Å². The number of hydrogen-bond donors (Lipinski definition) is 0. The first kappa shape index (κ1) is 15.1. The lowest BCUT2D eigenvalue weighted by atomic mass is 9.73. The highest BCUT2D eigenvalue weighted by Crippen LogP contribution is 2.42. The van der Waals surface area contributed by atoms with Crippen LogP contribution in [0.2, 0.25) is 10.3 Å². The number of hydrogen-bond acceptors (Lipinski definition) is 2. The number of halogens is 2. The van der Waals surface area contributed by atoms with E-state index in [0.717, 1.165) is 24.2 Å². The summed E-state index contributed by atoms with van der Waals surface area (Å²) in [6, 6.07) is 0. The molecule has 1 aromatic heterocycles. The molecule has 2 nitrogen and oxygen atoms in total. The van der Waals surface area contributed by atoms with Crippen molar-refractivity contribution < 1.29 is 0 Å². The first-order valence-corrected chi connectivity index (χ1v) is 7.78. The predicted molar refractivity (Wildman–Crippen MR) is 81.1 cm³/mol. The maximum Gasteiger partial charge on any atom is 0.137 e. The van der Waals surface area contributed by atoms with Crippen molar-refractivity contribution in [3.8, 4) is 0 Å². The van der Waals surface area contributed by atoms with Gasteiger partial charge >= 0.3 is 0 Å². The van der Waals surface area contributed by atoms with Crippen molar-refractivity contribution in [1.82, 2.24) is 9.97 Å². The molecule has 0 spiro atoms. The Morgan fingerprint density at radius 3 is 1.95 bits per heavy atom. The van der Waals surface area contributed by atoms with Gasteiger partial charge in [-0.25, -0.2) is 9.97 Å². The SMILES string of the molecule is CC(C)c1c(Cl)nc(C2CCC(C)(C)CC2)nc1Cl. The molecule has 1 aliphatic carbocycles. The molecule has 1 saturated carbocycles. The van der Waals surface area contributed by atoms with E-state index in [1.807, 2.05) is 0 Å². The Morgan fingerprint density at radius 2 is 1.53 bits per heavy atom. The molecule has 19 heavy (non-hydrogen) atoms. The maximum absolute atomic E-state index is 6.27. The van der Waals surface area contributed by atoms with Gasteiger partial charge in [-0.3, -0.25) is 0 Å². The summed E-state index contributed by atoms with van der Waals surface area (Å²) in [6.07, 6.45) is 4.67. The van der Waals surface area contributed by atoms with E-state index in [1.54, 1.807) is 0 Å². The largest absolute Gasteiger partial charge is 0.221 e. The highest BCUT2D eigenvalue weighted by atomic mass is 35.5. The van der Waals surface area contributed by atoms with Crippen LogP contribution in [0, 0.1) is 5.41 Å². The maximum atomic E-state index is 6.27. The van der Waals surface area contributed by atoms with Crippen LogP contribution in [0.25, 0.3) is 0 Å². The van der Waals surface area contributed by atoms with Gasteiger partial charge in [-0.1, -0.05) is 50.9 Å². The summed E-state index contributed by atoms with van der Waals surface area (Å²) in [5.41, 5.74) is 1.31. The van der Waals surface area contributed by atoms with Gasteiger partial charge in [-0.15, -0.1) is 0 Å². The molecular weight excluding hydrogens is 279 g/mol. The van der Waals surface area contributed by atoms with E-state index in [1.165, 1.54) is 12.8 Å². The Bertz CT molecular complexity index is 436. The summed E-state index contributed by atoms with van der Waals surface area (Å²) in [4.78, 5) is 8.99. The fourth-order valence-corrected chi connectivity index (χ4v) is 3.59. The molecule has 1 aromatic rings. The Hall–Kier alpha value is -0.340. The second-order valence-corrected chi connectivity index (χ2v) is 7.39. The summed E-state index contributed by atoms with van der Waals surface area (Å²) in [6.45, 7) is 8.76. The molecule has 106 valence electrons. The van der Waals surface area contributed by atoms with Crippen molar-refractivity contribution in [2.75, 3.05) is 0 Å². The lowest BCUT2D eigenvalue weighted by molar-refractivity contribution is 0.220. The van der Waals surface area contributed by atoms with Crippen molar-refractivity contribution in [2.24, 2.45) is 5.41 Å². The standard InChI is InChI=1S/C15H22Cl2N2/c1-9(2)11-12(16)18-14(19-13(11)17)10-5-7-15(3,4)8-6-10/h9-10H,5-8H2,1-4H3. The van der Waals surface area contributed by atoms with Crippen LogP contribution in [-0.4, -0.2) is 9.97 Å². The molecule has 0 aromatic carbocycles. The quantitative estimate of drug-likeness (QED) is 0.665. The molecule has 1 aliphatic rings. The van der Waals surface area contributed by atoms with Gasteiger partial charge in [-0.2, -0.15) is 0 Å². The Balaban J connectivity index is 2.23. The van der Waals surface area contributed by atoms with Crippen LogP contribution >= 0.6 is 23.2 Å². The van der Waals surface area contributed by atoms with E-state index in [0.29, 0.717) is 21.6 Å². The van der Waals surface area contributed by atoms with Crippen LogP contribution in [0.1, 0.15) is 76.6 Å². The Morgan fingerprint density at radius 1 is 1.05 bits per heavy atom. The van der Waals surface area contributed by atoms with Gasteiger partial charge in [0.15, 0.2) is 0 Å². The number of nitrogens with zero attached hydrogens (tertiary/aromatic N) is 2. The summed E-state index contributed by atoms with van der Waals surface area (Å²) < 4.78 is 0. The molecule has 2 rings (SSSR count). The van der Waals surface area contributed by atoms with Gasteiger partial charge in [0.2, 0.25) is 0 Å².